The van der Waals surface area contributed by atoms with Crippen LogP contribution >= 0.6 is 0 Å². The van der Waals surface area contributed by atoms with Crippen LogP contribution in [-0.2, 0) is 11.2 Å². The van der Waals surface area contributed by atoms with E-state index in [0.29, 0.717) is 0 Å². The van der Waals surface area contributed by atoms with E-state index in [1.807, 2.05) is 0 Å². The Hall–Kier alpha value is -1.36. The van der Waals surface area contributed by atoms with Gasteiger partial charge in [-0.2, -0.15) is 0 Å². The smallest absolute Gasteiger partial charge is 0.320 e. The third-order valence-electron chi connectivity index (χ3n) is 0.998. The predicted molar refractivity (Wildman–Crippen MR) is 37.9 cm³/mol. The molecule has 1 rings (SSSR count). The fourth-order valence-corrected chi connectivity index (χ4v) is 0.523. The average molecular weight is 158 g/mol. The fraction of sp³-hybridized carbons (Fsp3) is 0.333. The number of nitrogens with one attached hydrogen (secondary N) is 1. The molecule has 0 aromatic carbocycles. The Morgan fingerprint density at radius 3 is 3.36 bits per heavy atom. The molecule has 0 radical (unpaired) electrons. The Balaban J connectivity index is 3.13. The number of aromatic amines is 1. The van der Waals surface area contributed by atoms with Crippen molar-refractivity contribution in [3.63, 3.8) is 0 Å². The number of nitrogens with two attached hydrogens (primary N) is 1. The van der Waals surface area contributed by atoms with Gasteiger partial charge in [0.2, 0.25) is 0 Å². The first kappa shape index (κ1) is 4.50. The maximum absolute atomic E-state index is 10.6. The highest BCUT2D eigenvalue weighted by Gasteiger charge is 2.11. The quantitative estimate of drug-likeness (QED) is 0.545. The van der Waals surface area contributed by atoms with E-state index in [0.717, 1.165) is 6.20 Å². The van der Waals surface area contributed by atoms with Gasteiger partial charge in [0.1, 0.15) is 6.02 Å². The SMILES string of the molecule is [2H]C([2H])(c1cnc[nH]1)[C@]([2H])(N)C(=O)O. The van der Waals surface area contributed by atoms with Crippen LogP contribution < -0.4 is 5.73 Å². The summed E-state index contributed by atoms with van der Waals surface area (Å²) in [5.74, 6) is -1.74. The molecule has 1 aromatic rings. The van der Waals surface area contributed by atoms with E-state index in [1.54, 1.807) is 0 Å². The molecule has 0 saturated heterocycles. The minimum absolute atomic E-state index is 0.141. The first-order valence-electron chi connectivity index (χ1n) is 4.31. The number of hydrogen-bond acceptors (Lipinski definition) is 3. The van der Waals surface area contributed by atoms with Crippen molar-refractivity contribution in [3.8, 4) is 0 Å². The van der Waals surface area contributed by atoms with Crippen molar-refractivity contribution in [2.45, 2.75) is 12.4 Å². The van der Waals surface area contributed by atoms with Gasteiger partial charge >= 0.3 is 5.97 Å². The summed E-state index contributed by atoms with van der Waals surface area (Å²) in [6, 6.07) is -2.75. The normalized spacial score (nSPS) is 21.0. The maximum atomic E-state index is 10.6. The molecule has 0 saturated carbocycles. The Bertz CT molecular complexity index is 336. The number of H-pyrrole nitrogens is 1. The lowest BCUT2D eigenvalue weighted by Gasteiger charge is -2.02. The van der Waals surface area contributed by atoms with Gasteiger partial charge in [0.05, 0.1) is 7.70 Å². The molecule has 0 fully saturated rings. The van der Waals surface area contributed by atoms with Crippen LogP contribution in [0.4, 0.5) is 0 Å². The number of nitrogens with zero attached hydrogens (tertiary/aromatic N) is 1. The van der Waals surface area contributed by atoms with Gasteiger partial charge in [-0.1, -0.05) is 0 Å². The number of aromatic nitrogens is 2. The molecule has 5 nitrogen and oxygen atoms in total. The summed E-state index contributed by atoms with van der Waals surface area (Å²) in [6.45, 7) is 0. The van der Waals surface area contributed by atoms with Crippen molar-refractivity contribution in [1.82, 2.24) is 9.97 Å². The standard InChI is InChI=1S/C6H9N3O2/c7-5(6(10)11)1-4-2-8-3-9-4/h2-3,5H,1,7H2,(H,8,9)(H,10,11)/t5-/m0/s1/i1D2,5D. The van der Waals surface area contributed by atoms with Crippen LogP contribution in [0.15, 0.2) is 12.5 Å². The summed E-state index contributed by atoms with van der Waals surface area (Å²) in [5.41, 5.74) is 4.93. The fourth-order valence-electron chi connectivity index (χ4n) is 0.523. The minimum atomic E-state index is -2.75. The number of rotatable bonds is 3. The second kappa shape index (κ2) is 3.16. The van der Waals surface area contributed by atoms with Crippen molar-refractivity contribution in [1.29, 1.82) is 0 Å². The van der Waals surface area contributed by atoms with E-state index in [2.05, 4.69) is 9.97 Å². The van der Waals surface area contributed by atoms with Crippen molar-refractivity contribution >= 4 is 5.97 Å². The van der Waals surface area contributed by atoms with Crippen LogP contribution in [0.25, 0.3) is 0 Å². The van der Waals surface area contributed by atoms with Crippen LogP contribution in [0, 0.1) is 0 Å². The molecule has 11 heavy (non-hydrogen) atoms. The van der Waals surface area contributed by atoms with E-state index >= 15 is 0 Å². The van der Waals surface area contributed by atoms with Gasteiger partial charge in [-0.05, 0) is 0 Å². The third-order valence-corrected chi connectivity index (χ3v) is 0.998. The summed E-state index contributed by atoms with van der Waals surface area (Å²) in [5, 5.41) is 8.59. The molecule has 4 N–H and O–H groups in total. The number of hydrogen-bond donors (Lipinski definition) is 3. The summed E-state index contributed by atoms with van der Waals surface area (Å²) < 4.78 is 22.1. The van der Waals surface area contributed by atoms with Gasteiger partial charge in [-0.25, -0.2) is 4.98 Å². The minimum Gasteiger partial charge on any atom is -0.480 e. The van der Waals surface area contributed by atoms with Gasteiger partial charge < -0.3 is 15.8 Å². The monoisotopic (exact) mass is 158 g/mol. The van der Waals surface area contributed by atoms with Crippen molar-refractivity contribution in [2.24, 2.45) is 5.73 Å². The van der Waals surface area contributed by atoms with E-state index in [-0.39, 0.29) is 5.69 Å². The van der Waals surface area contributed by atoms with Crippen molar-refractivity contribution < 1.29 is 14.0 Å². The van der Waals surface area contributed by atoms with Crippen LogP contribution in [0.1, 0.15) is 9.81 Å². The lowest BCUT2D eigenvalue weighted by molar-refractivity contribution is -0.138. The molecule has 0 aliphatic rings. The van der Waals surface area contributed by atoms with E-state index in [4.69, 9.17) is 15.0 Å². The molecule has 0 bridgehead atoms. The molecule has 5 heteroatoms. The average Bonchev–Trinajstić information content (AvgIpc) is 2.55. The van der Waals surface area contributed by atoms with Crippen LogP contribution in [-0.4, -0.2) is 27.1 Å². The third kappa shape index (κ3) is 2.05. The lowest BCUT2D eigenvalue weighted by atomic mass is 10.2. The summed E-state index contributed by atoms with van der Waals surface area (Å²) in [7, 11) is 0. The summed E-state index contributed by atoms with van der Waals surface area (Å²) >= 11 is 0. The lowest BCUT2D eigenvalue weighted by Crippen LogP contribution is -2.32. The largest absolute Gasteiger partial charge is 0.480 e. The number of aliphatic carboxylic acids is 1. The van der Waals surface area contributed by atoms with Crippen molar-refractivity contribution in [2.75, 3.05) is 0 Å². The molecule has 1 atom stereocenters. The highest BCUT2D eigenvalue weighted by atomic mass is 16.4. The molecule has 0 spiro atoms. The highest BCUT2D eigenvalue weighted by Crippen LogP contribution is 1.95. The van der Waals surface area contributed by atoms with Crippen LogP contribution in [0.2, 0.25) is 0 Å². The van der Waals surface area contributed by atoms with Gasteiger partial charge in [0.15, 0.2) is 0 Å². The molecule has 1 aromatic heterocycles. The molecule has 60 valence electrons. The topological polar surface area (TPSA) is 92.0 Å². The van der Waals surface area contributed by atoms with Crippen LogP contribution in [0.5, 0.6) is 0 Å². The number of imidazole rings is 1. The number of carboxylic acid groups (broad SMARTS) is 1. The summed E-state index contributed by atoms with van der Waals surface area (Å²) in [6.07, 6.45) is -0.250. The van der Waals surface area contributed by atoms with Gasteiger partial charge in [-0.3, -0.25) is 4.79 Å². The summed E-state index contributed by atoms with van der Waals surface area (Å²) in [4.78, 5) is 16.5. The van der Waals surface area contributed by atoms with Gasteiger partial charge in [0, 0.05) is 21.0 Å². The molecule has 1 heterocycles. The van der Waals surface area contributed by atoms with E-state index in [9.17, 15) is 4.79 Å². The second-order valence-electron chi connectivity index (χ2n) is 1.81. The van der Waals surface area contributed by atoms with E-state index in [1.165, 1.54) is 6.33 Å². The Morgan fingerprint density at radius 1 is 2.18 bits per heavy atom. The molecular formula is C6H9N3O2. The molecule has 0 aliphatic carbocycles. The first-order chi connectivity index (χ1) is 6.30. The predicted octanol–water partition coefficient (Wildman–Crippen LogP) is -0.636. The van der Waals surface area contributed by atoms with Gasteiger partial charge in [-0.15, -0.1) is 0 Å². The molecule has 0 unspecified atom stereocenters. The second-order valence-corrected chi connectivity index (χ2v) is 1.81. The van der Waals surface area contributed by atoms with Crippen LogP contribution in [0.3, 0.4) is 0 Å². The maximum Gasteiger partial charge on any atom is 0.320 e. The first-order valence-corrected chi connectivity index (χ1v) is 2.81. The zero-order valence-electron chi connectivity index (χ0n) is 8.53. The highest BCUT2D eigenvalue weighted by molar-refractivity contribution is 5.73. The van der Waals surface area contributed by atoms with Crippen molar-refractivity contribution in [3.05, 3.63) is 18.2 Å². The number of carbonyl (C=O) groups is 1. The Morgan fingerprint density at radius 2 is 2.91 bits per heavy atom. The Kier molecular flexibility index (Phi) is 1.29. The molecule has 0 aliphatic heterocycles. The zero-order chi connectivity index (χ0) is 11.0. The van der Waals surface area contributed by atoms with Gasteiger partial charge in [0.25, 0.3) is 0 Å². The zero-order valence-corrected chi connectivity index (χ0v) is 5.53. The molecule has 0 amide bonds. The van der Waals surface area contributed by atoms with E-state index < -0.39 is 18.4 Å². The molecular weight excluding hydrogens is 146 g/mol. The number of carboxylic acids is 1. The Labute approximate surface area is 67.5 Å².